The van der Waals surface area contributed by atoms with Gasteiger partial charge in [-0.15, -0.1) is 5.10 Å². The van der Waals surface area contributed by atoms with E-state index in [4.69, 9.17) is 14.2 Å². The number of methoxy groups -OCH3 is 2. The van der Waals surface area contributed by atoms with Crippen molar-refractivity contribution in [2.75, 3.05) is 32.3 Å². The van der Waals surface area contributed by atoms with Gasteiger partial charge in [-0.3, -0.25) is 4.68 Å². The Morgan fingerprint density at radius 2 is 1.81 bits per heavy atom. The molecule has 0 amide bonds. The lowest BCUT2D eigenvalue weighted by molar-refractivity contribution is -0.139. The number of carbonyl (C=O) groups is 1. The lowest BCUT2D eigenvalue weighted by Gasteiger charge is -2.42. The lowest BCUT2D eigenvalue weighted by Crippen LogP contribution is -2.52. The zero-order valence-electron chi connectivity index (χ0n) is 26.4. The van der Waals surface area contributed by atoms with Crippen LogP contribution in [0.2, 0.25) is 0 Å². The summed E-state index contributed by atoms with van der Waals surface area (Å²) in [6.07, 6.45) is 2.47. The summed E-state index contributed by atoms with van der Waals surface area (Å²) < 4.78 is 76.4. The molecule has 256 valence electrons. The first-order valence-corrected chi connectivity index (χ1v) is 15.5. The number of anilines is 1. The molecular formula is C32H39F4N5O6. The second-order valence-corrected chi connectivity index (χ2v) is 12.6. The van der Waals surface area contributed by atoms with Gasteiger partial charge >= 0.3 is 12.1 Å². The summed E-state index contributed by atoms with van der Waals surface area (Å²) in [4.78, 5) is 17.9. The van der Waals surface area contributed by atoms with Gasteiger partial charge in [-0.25, -0.2) is 14.2 Å². The average molecular weight is 666 g/mol. The first kappa shape index (κ1) is 34.5. The van der Waals surface area contributed by atoms with Crippen LogP contribution in [0.3, 0.4) is 0 Å². The first-order valence-electron chi connectivity index (χ1n) is 15.5. The van der Waals surface area contributed by atoms with E-state index in [0.717, 1.165) is 31.0 Å². The predicted molar refractivity (Wildman–Crippen MR) is 161 cm³/mol. The number of halogens is 4. The first-order chi connectivity index (χ1) is 22.4. The molecule has 2 N–H and O–H groups in total. The van der Waals surface area contributed by atoms with E-state index in [1.165, 1.54) is 36.2 Å². The van der Waals surface area contributed by atoms with E-state index >= 15 is 4.39 Å². The molecule has 2 heterocycles. The number of hydrogen-bond donors (Lipinski definition) is 2. The average Bonchev–Trinajstić information content (AvgIpc) is 3.62. The van der Waals surface area contributed by atoms with Crippen LogP contribution in [0.15, 0.2) is 36.8 Å². The van der Waals surface area contributed by atoms with Gasteiger partial charge < -0.3 is 29.3 Å². The molecule has 2 saturated carbocycles. The number of aliphatic hydroxyl groups excluding tert-OH is 1. The molecule has 1 unspecified atom stereocenters. The molecule has 1 aromatic carbocycles. The zero-order valence-corrected chi connectivity index (χ0v) is 26.4. The van der Waals surface area contributed by atoms with Gasteiger partial charge in [0.2, 0.25) is 5.88 Å². The van der Waals surface area contributed by atoms with Crippen LogP contribution in [-0.4, -0.2) is 75.9 Å². The quantitative estimate of drug-likeness (QED) is 0.164. The van der Waals surface area contributed by atoms with Crippen LogP contribution < -0.4 is 9.64 Å². The standard InChI is InChI=1S/C32H39F4N5O6/c1-19-4-6-20(7-5-19)29(42)41(22(16-45-2)17-46-3)26-14-25(33)27(13-23(26)30(43)44)47-28-24(32(34,35)36)12-21(15-37-28)31(8-9-31)18-40-11-10-38-39-40/h10-15,19-20,22,29,42H,4-9,16-18H2,1-3H3,(H,43,44). The van der Waals surface area contributed by atoms with Gasteiger partial charge in [0.05, 0.1) is 43.2 Å². The Kier molecular flexibility index (Phi) is 10.4. The number of hydrogen-bond acceptors (Lipinski definition) is 9. The Bertz CT molecular complexity index is 1520. The molecule has 47 heavy (non-hydrogen) atoms. The maximum absolute atomic E-state index is 15.8. The zero-order chi connectivity index (χ0) is 33.9. The van der Waals surface area contributed by atoms with Crippen molar-refractivity contribution in [2.24, 2.45) is 11.8 Å². The van der Waals surface area contributed by atoms with Crippen molar-refractivity contribution < 1.29 is 46.8 Å². The highest BCUT2D eigenvalue weighted by Gasteiger charge is 2.47. The second kappa shape index (κ2) is 14.1. The molecular weight excluding hydrogens is 626 g/mol. The van der Waals surface area contributed by atoms with Crippen molar-refractivity contribution >= 4 is 11.7 Å². The predicted octanol–water partition coefficient (Wildman–Crippen LogP) is 5.67. The molecule has 0 saturated heterocycles. The highest BCUT2D eigenvalue weighted by atomic mass is 19.4. The van der Waals surface area contributed by atoms with Crippen LogP contribution in [-0.2, 0) is 27.6 Å². The summed E-state index contributed by atoms with van der Waals surface area (Å²) in [6, 6.07) is 1.88. The molecule has 0 spiro atoms. The van der Waals surface area contributed by atoms with Crippen LogP contribution in [0.5, 0.6) is 11.6 Å². The van der Waals surface area contributed by atoms with Crippen molar-refractivity contribution in [1.29, 1.82) is 0 Å². The number of alkyl halides is 3. The minimum Gasteiger partial charge on any atom is -0.478 e. The van der Waals surface area contributed by atoms with Gasteiger partial charge in [0.25, 0.3) is 0 Å². The molecule has 2 aliphatic rings. The molecule has 11 nitrogen and oxygen atoms in total. The SMILES string of the molecule is COCC(COC)N(c1cc(F)c(Oc2ncc(C3(Cn4ccnn4)CC3)cc2C(F)(F)F)cc1C(=O)O)C(O)C1CCC(C)CC1. The van der Waals surface area contributed by atoms with Gasteiger partial charge in [-0.05, 0) is 43.2 Å². The molecule has 5 rings (SSSR count). The molecule has 15 heteroatoms. The van der Waals surface area contributed by atoms with E-state index in [-0.39, 0.29) is 24.8 Å². The Balaban J connectivity index is 1.52. The number of aliphatic hydroxyl groups is 1. The number of aromatic carboxylic acids is 1. The number of carboxylic acid groups (broad SMARTS) is 1. The van der Waals surface area contributed by atoms with Crippen molar-refractivity contribution in [1.82, 2.24) is 20.0 Å². The van der Waals surface area contributed by atoms with Crippen LogP contribution in [0.1, 0.15) is 66.9 Å². The molecule has 0 bridgehead atoms. The molecule has 1 atom stereocenters. The van der Waals surface area contributed by atoms with Gasteiger partial charge in [0.15, 0.2) is 11.6 Å². The number of carboxylic acids is 1. The fourth-order valence-corrected chi connectivity index (χ4v) is 6.41. The highest BCUT2D eigenvalue weighted by molar-refractivity contribution is 5.95. The maximum Gasteiger partial charge on any atom is 0.421 e. The summed E-state index contributed by atoms with van der Waals surface area (Å²) in [6.45, 7) is 2.44. The smallest absolute Gasteiger partial charge is 0.421 e. The van der Waals surface area contributed by atoms with Crippen molar-refractivity contribution in [3.63, 3.8) is 0 Å². The Hall–Kier alpha value is -3.82. The van der Waals surface area contributed by atoms with Crippen LogP contribution in [0.25, 0.3) is 0 Å². The Morgan fingerprint density at radius 1 is 1.13 bits per heavy atom. The van der Waals surface area contributed by atoms with Gasteiger partial charge in [0.1, 0.15) is 11.8 Å². The number of ether oxygens (including phenoxy) is 3. The highest BCUT2D eigenvalue weighted by Crippen LogP contribution is 2.51. The Labute approximate surface area is 269 Å². The van der Waals surface area contributed by atoms with Gasteiger partial charge in [-0.2, -0.15) is 13.2 Å². The molecule has 0 radical (unpaired) electrons. The molecule has 2 fully saturated rings. The number of nitrogens with zero attached hydrogens (tertiary/aromatic N) is 5. The van der Waals surface area contributed by atoms with Crippen molar-refractivity contribution in [2.45, 2.75) is 75.9 Å². The number of pyridine rings is 1. The van der Waals surface area contributed by atoms with E-state index in [1.807, 2.05) is 0 Å². The van der Waals surface area contributed by atoms with Crippen molar-refractivity contribution in [3.05, 3.63) is 59.3 Å². The minimum absolute atomic E-state index is 0.0105. The van der Waals surface area contributed by atoms with E-state index in [9.17, 15) is 28.2 Å². The topological polar surface area (TPSA) is 132 Å². The van der Waals surface area contributed by atoms with Crippen molar-refractivity contribution in [3.8, 4) is 11.6 Å². The van der Waals surface area contributed by atoms with E-state index < -0.39 is 58.4 Å². The fraction of sp³-hybridized carbons (Fsp3) is 0.562. The third kappa shape index (κ3) is 7.68. The van der Waals surface area contributed by atoms with E-state index in [0.29, 0.717) is 43.7 Å². The molecule has 2 aromatic heterocycles. The molecule has 3 aromatic rings. The maximum atomic E-state index is 15.8. The third-order valence-electron chi connectivity index (χ3n) is 9.20. The monoisotopic (exact) mass is 665 g/mol. The second-order valence-electron chi connectivity index (χ2n) is 12.6. The summed E-state index contributed by atoms with van der Waals surface area (Å²) in [5.74, 6) is -4.12. The van der Waals surface area contributed by atoms with Gasteiger partial charge in [0, 0.05) is 50.1 Å². The van der Waals surface area contributed by atoms with Gasteiger partial charge in [-0.1, -0.05) is 25.0 Å². The van der Waals surface area contributed by atoms with Crippen LogP contribution in [0.4, 0.5) is 23.2 Å². The van der Waals surface area contributed by atoms with Crippen LogP contribution in [0, 0.1) is 17.7 Å². The summed E-state index contributed by atoms with van der Waals surface area (Å²) in [7, 11) is 2.86. The van der Waals surface area contributed by atoms with Crippen LogP contribution >= 0.6 is 0 Å². The number of aromatic nitrogens is 4. The Morgan fingerprint density at radius 3 is 2.36 bits per heavy atom. The molecule has 0 aliphatic heterocycles. The molecule has 2 aliphatic carbocycles. The largest absolute Gasteiger partial charge is 0.478 e. The number of rotatable bonds is 14. The lowest BCUT2D eigenvalue weighted by atomic mass is 9.81. The van der Waals surface area contributed by atoms with E-state index in [1.54, 1.807) is 6.20 Å². The van der Waals surface area contributed by atoms with E-state index in [2.05, 4.69) is 22.2 Å². The normalized spacial score (nSPS) is 19.9. The fourth-order valence-electron chi connectivity index (χ4n) is 6.41. The minimum atomic E-state index is -4.92. The summed E-state index contributed by atoms with van der Waals surface area (Å²) >= 11 is 0. The summed E-state index contributed by atoms with van der Waals surface area (Å²) in [5.41, 5.74) is -2.21. The summed E-state index contributed by atoms with van der Waals surface area (Å²) in [5, 5.41) is 29.5. The number of benzene rings is 1. The third-order valence-corrected chi connectivity index (χ3v) is 9.20.